The van der Waals surface area contributed by atoms with Gasteiger partial charge in [0.1, 0.15) is 0 Å². The number of rotatable bonds is 4. The van der Waals surface area contributed by atoms with E-state index in [-0.39, 0.29) is 11.9 Å². The summed E-state index contributed by atoms with van der Waals surface area (Å²) >= 11 is 1.58. The van der Waals surface area contributed by atoms with Crippen LogP contribution >= 0.6 is 11.8 Å². The van der Waals surface area contributed by atoms with Crippen molar-refractivity contribution < 1.29 is 4.79 Å². The van der Waals surface area contributed by atoms with Crippen molar-refractivity contribution >= 4 is 17.7 Å². The zero-order valence-electron chi connectivity index (χ0n) is 7.33. The van der Waals surface area contributed by atoms with Crippen LogP contribution in [0.1, 0.15) is 6.92 Å². The summed E-state index contributed by atoms with van der Waals surface area (Å²) in [6.45, 7) is 1.94. The smallest absolute Gasteiger partial charge is 0.232 e. The Hall–Kier alpha value is -0.220. The number of hydrogen-bond donors (Lipinski definition) is 1. The first-order valence-electron chi connectivity index (χ1n) is 3.57. The highest BCUT2D eigenvalue weighted by atomic mass is 32.2. The quantitative estimate of drug-likeness (QED) is 0.663. The number of nitrogens with two attached hydrogens (primary N) is 1. The molecule has 2 N–H and O–H groups in total. The van der Waals surface area contributed by atoms with Gasteiger partial charge in [0.05, 0.1) is 5.75 Å². The van der Waals surface area contributed by atoms with E-state index in [9.17, 15) is 4.79 Å². The average molecular weight is 176 g/mol. The Balaban J connectivity index is 3.32. The second-order valence-corrected chi connectivity index (χ2v) is 3.81. The Bertz CT molecular complexity index is 126. The van der Waals surface area contributed by atoms with Crippen LogP contribution in [0, 0.1) is 0 Å². The van der Waals surface area contributed by atoms with Gasteiger partial charge in [0.15, 0.2) is 0 Å². The van der Waals surface area contributed by atoms with Crippen LogP contribution in [0.4, 0.5) is 0 Å². The Morgan fingerprint density at radius 2 is 2.18 bits per heavy atom. The number of carbonyl (C=O) groups is 1. The van der Waals surface area contributed by atoms with E-state index in [2.05, 4.69) is 0 Å². The molecule has 11 heavy (non-hydrogen) atoms. The van der Waals surface area contributed by atoms with E-state index in [4.69, 9.17) is 5.73 Å². The minimum Gasteiger partial charge on any atom is -0.348 e. The van der Waals surface area contributed by atoms with Crippen molar-refractivity contribution in [2.75, 3.05) is 25.6 Å². The lowest BCUT2D eigenvalue weighted by molar-refractivity contribution is -0.125. The van der Waals surface area contributed by atoms with E-state index in [0.29, 0.717) is 5.75 Å². The first kappa shape index (κ1) is 10.8. The molecule has 0 aliphatic heterocycles. The summed E-state index contributed by atoms with van der Waals surface area (Å²) in [4.78, 5) is 12.6. The summed E-state index contributed by atoms with van der Waals surface area (Å²) in [5.41, 5.74) is 5.51. The molecule has 0 fully saturated rings. The van der Waals surface area contributed by atoms with Crippen LogP contribution in [0.2, 0.25) is 0 Å². The molecule has 0 rings (SSSR count). The molecule has 1 amide bonds. The average Bonchev–Trinajstić information content (AvgIpc) is 1.86. The maximum absolute atomic E-state index is 11.0. The van der Waals surface area contributed by atoms with Crippen LogP contribution < -0.4 is 5.73 Å². The van der Waals surface area contributed by atoms with Gasteiger partial charge in [-0.15, -0.1) is 0 Å². The zero-order valence-corrected chi connectivity index (χ0v) is 8.15. The van der Waals surface area contributed by atoms with Crippen molar-refractivity contribution in [3.63, 3.8) is 0 Å². The van der Waals surface area contributed by atoms with Crippen molar-refractivity contribution in [2.24, 2.45) is 5.73 Å². The third-order valence-electron chi connectivity index (χ3n) is 1.11. The minimum atomic E-state index is 0.149. The van der Waals surface area contributed by atoms with E-state index in [1.165, 1.54) is 0 Å². The van der Waals surface area contributed by atoms with Crippen LogP contribution in [0.5, 0.6) is 0 Å². The molecule has 0 aliphatic carbocycles. The molecule has 1 unspecified atom stereocenters. The van der Waals surface area contributed by atoms with Crippen LogP contribution in [0.25, 0.3) is 0 Å². The molecule has 0 bridgehead atoms. The number of amides is 1. The standard InChI is InChI=1S/C7H16N2OS/c1-6(8)4-11-5-7(10)9(2)3/h6H,4-5,8H2,1-3H3. The SMILES string of the molecule is CC(N)CSCC(=O)N(C)C. The van der Waals surface area contributed by atoms with E-state index in [0.717, 1.165) is 5.75 Å². The van der Waals surface area contributed by atoms with Crippen molar-refractivity contribution in [1.82, 2.24) is 4.90 Å². The molecule has 66 valence electrons. The summed E-state index contributed by atoms with van der Waals surface area (Å²) in [5, 5.41) is 0. The lowest BCUT2D eigenvalue weighted by atomic mass is 10.4. The molecule has 0 spiro atoms. The molecule has 0 aromatic heterocycles. The summed E-state index contributed by atoms with van der Waals surface area (Å²) in [7, 11) is 3.52. The lowest BCUT2D eigenvalue weighted by Gasteiger charge is -2.10. The van der Waals surface area contributed by atoms with Crippen LogP contribution in [-0.2, 0) is 4.79 Å². The predicted molar refractivity (Wildman–Crippen MR) is 49.7 cm³/mol. The second kappa shape index (κ2) is 5.43. The largest absolute Gasteiger partial charge is 0.348 e. The van der Waals surface area contributed by atoms with E-state index in [1.807, 2.05) is 6.92 Å². The van der Waals surface area contributed by atoms with E-state index < -0.39 is 0 Å². The first-order valence-corrected chi connectivity index (χ1v) is 4.73. The van der Waals surface area contributed by atoms with Gasteiger partial charge < -0.3 is 10.6 Å². The van der Waals surface area contributed by atoms with Gasteiger partial charge in [-0.3, -0.25) is 4.79 Å². The molecule has 0 heterocycles. The molecular formula is C7H16N2OS. The van der Waals surface area contributed by atoms with E-state index in [1.54, 1.807) is 30.8 Å². The number of thioether (sulfide) groups is 1. The van der Waals surface area contributed by atoms with E-state index >= 15 is 0 Å². The van der Waals surface area contributed by atoms with Gasteiger partial charge in [-0.1, -0.05) is 0 Å². The molecule has 3 nitrogen and oxygen atoms in total. The third-order valence-corrected chi connectivity index (χ3v) is 2.32. The van der Waals surface area contributed by atoms with Crippen LogP contribution in [-0.4, -0.2) is 42.4 Å². The van der Waals surface area contributed by atoms with Crippen LogP contribution in [0.15, 0.2) is 0 Å². The number of hydrogen-bond acceptors (Lipinski definition) is 3. The van der Waals surface area contributed by atoms with Gasteiger partial charge in [-0.25, -0.2) is 0 Å². The first-order chi connectivity index (χ1) is 5.04. The highest BCUT2D eigenvalue weighted by Crippen LogP contribution is 2.01. The number of carbonyl (C=O) groups excluding carboxylic acids is 1. The van der Waals surface area contributed by atoms with Crippen LogP contribution in [0.3, 0.4) is 0 Å². The summed E-state index contributed by atoms with van der Waals surface area (Å²) < 4.78 is 0. The molecule has 1 atom stereocenters. The Morgan fingerprint density at radius 3 is 2.55 bits per heavy atom. The highest BCUT2D eigenvalue weighted by Gasteiger charge is 2.03. The molecule has 0 aromatic rings. The zero-order chi connectivity index (χ0) is 8.85. The molecule has 4 heteroatoms. The molecule has 0 saturated carbocycles. The topological polar surface area (TPSA) is 46.3 Å². The summed E-state index contributed by atoms with van der Waals surface area (Å²) in [5.74, 6) is 1.53. The monoisotopic (exact) mass is 176 g/mol. The fourth-order valence-corrected chi connectivity index (χ4v) is 1.38. The third kappa shape index (κ3) is 6.19. The predicted octanol–water partition coefficient (Wildman–Crippen LogP) is 0.155. The maximum Gasteiger partial charge on any atom is 0.232 e. The molecule has 0 aliphatic rings. The minimum absolute atomic E-state index is 0.149. The van der Waals surface area contributed by atoms with Gasteiger partial charge in [0.25, 0.3) is 0 Å². The van der Waals surface area contributed by atoms with Gasteiger partial charge in [-0.05, 0) is 6.92 Å². The summed E-state index contributed by atoms with van der Waals surface area (Å²) in [6, 6.07) is 0.176. The normalized spacial score (nSPS) is 12.7. The van der Waals surface area contributed by atoms with Gasteiger partial charge in [-0.2, -0.15) is 11.8 Å². The maximum atomic E-state index is 11.0. The van der Waals surface area contributed by atoms with Crippen molar-refractivity contribution in [2.45, 2.75) is 13.0 Å². The lowest BCUT2D eigenvalue weighted by Crippen LogP contribution is -2.25. The fourth-order valence-electron chi connectivity index (χ4n) is 0.461. The Labute approximate surface area is 72.3 Å². The van der Waals surface area contributed by atoms with Gasteiger partial charge >= 0.3 is 0 Å². The molecule has 0 aromatic carbocycles. The Kier molecular flexibility index (Phi) is 5.32. The van der Waals surface area contributed by atoms with Crippen molar-refractivity contribution in [3.8, 4) is 0 Å². The van der Waals surface area contributed by atoms with Crippen molar-refractivity contribution in [3.05, 3.63) is 0 Å². The molecular weight excluding hydrogens is 160 g/mol. The highest BCUT2D eigenvalue weighted by molar-refractivity contribution is 7.99. The molecule has 0 radical (unpaired) electrons. The second-order valence-electron chi connectivity index (χ2n) is 2.78. The molecule has 0 saturated heterocycles. The summed E-state index contributed by atoms with van der Waals surface area (Å²) in [6.07, 6.45) is 0. The van der Waals surface area contributed by atoms with Crippen molar-refractivity contribution in [1.29, 1.82) is 0 Å². The fraction of sp³-hybridized carbons (Fsp3) is 0.857. The van der Waals surface area contributed by atoms with Gasteiger partial charge in [0, 0.05) is 25.9 Å². The van der Waals surface area contributed by atoms with Gasteiger partial charge in [0.2, 0.25) is 5.91 Å². The Morgan fingerprint density at radius 1 is 1.64 bits per heavy atom. The number of nitrogens with zero attached hydrogens (tertiary/aromatic N) is 1.